The lowest BCUT2D eigenvalue weighted by atomic mass is 9.79. The van der Waals surface area contributed by atoms with E-state index in [2.05, 4.69) is 16.0 Å². The maximum Gasteiger partial charge on any atom is 0.413 e. The Morgan fingerprint density at radius 2 is 1.97 bits per heavy atom. The summed E-state index contributed by atoms with van der Waals surface area (Å²) in [7, 11) is 0. The molecule has 2 heterocycles. The Bertz CT molecular complexity index is 781. The Labute approximate surface area is 178 Å². The molecule has 156 valence electrons. The van der Waals surface area contributed by atoms with E-state index in [4.69, 9.17) is 4.74 Å². The van der Waals surface area contributed by atoms with E-state index in [-0.39, 0.29) is 29.7 Å². The van der Waals surface area contributed by atoms with E-state index in [0.29, 0.717) is 5.25 Å². The normalized spacial score (nSPS) is 29.9. The first-order chi connectivity index (χ1) is 14.1. The highest BCUT2D eigenvalue weighted by molar-refractivity contribution is 8.01. The van der Waals surface area contributed by atoms with Gasteiger partial charge >= 0.3 is 6.09 Å². The van der Waals surface area contributed by atoms with Gasteiger partial charge in [0, 0.05) is 15.8 Å². The Morgan fingerprint density at radius 1 is 1.17 bits per heavy atom. The van der Waals surface area contributed by atoms with Crippen LogP contribution in [0.2, 0.25) is 0 Å². The van der Waals surface area contributed by atoms with E-state index < -0.39 is 17.4 Å². The highest BCUT2D eigenvalue weighted by Gasteiger charge is 2.49. The largest absolute Gasteiger partial charge is 0.450 e. The number of hydrogen-bond donors (Lipinski definition) is 3. The molecule has 0 bridgehead atoms. The molecule has 7 nitrogen and oxygen atoms in total. The number of thioether (sulfide) groups is 2. The standard InChI is InChI=1S/C20H25N3O4S2/c1-2-27-20(26)23-16(24)15-11-7-3-5-9-13(11)28-18(15)22-17(25)19-21-12-8-4-6-10-14(12)29-19/h4,6,8,10-11,13,15,18-19,21H,2-3,5,7,9H2,1H3,(H,22,25)(H,23,24,26). The van der Waals surface area contributed by atoms with Crippen molar-refractivity contribution < 1.29 is 19.1 Å². The fourth-order valence-corrected chi connectivity index (χ4v) is 7.22. The summed E-state index contributed by atoms with van der Waals surface area (Å²) in [6.45, 7) is 1.90. The number of carbonyl (C=O) groups is 3. The highest BCUT2D eigenvalue weighted by atomic mass is 32.2. The van der Waals surface area contributed by atoms with Crippen molar-refractivity contribution in [2.24, 2.45) is 11.8 Å². The lowest BCUT2D eigenvalue weighted by Crippen LogP contribution is -2.49. The summed E-state index contributed by atoms with van der Waals surface area (Å²) in [6.07, 6.45) is 3.45. The lowest BCUT2D eigenvalue weighted by molar-refractivity contribution is -0.127. The number of imide groups is 1. The topological polar surface area (TPSA) is 96.5 Å². The van der Waals surface area contributed by atoms with E-state index in [1.807, 2.05) is 24.3 Å². The predicted octanol–water partition coefficient (Wildman–Crippen LogP) is 3.17. The van der Waals surface area contributed by atoms with Gasteiger partial charge in [-0.1, -0.05) is 36.7 Å². The fraction of sp³-hybridized carbons (Fsp3) is 0.550. The first-order valence-corrected chi connectivity index (χ1v) is 11.8. The molecule has 1 aliphatic carbocycles. The number of anilines is 1. The van der Waals surface area contributed by atoms with Gasteiger partial charge in [0.2, 0.25) is 5.91 Å². The second-order valence-corrected chi connectivity index (χ2v) is 9.96. The molecule has 0 radical (unpaired) electrons. The van der Waals surface area contributed by atoms with Crippen LogP contribution >= 0.6 is 23.5 Å². The van der Waals surface area contributed by atoms with E-state index >= 15 is 0 Å². The van der Waals surface area contributed by atoms with Gasteiger partial charge in [-0.05, 0) is 37.8 Å². The molecule has 1 saturated heterocycles. The number of amides is 3. The van der Waals surface area contributed by atoms with E-state index in [1.54, 1.807) is 18.7 Å². The van der Waals surface area contributed by atoms with Crippen LogP contribution in [-0.2, 0) is 14.3 Å². The Kier molecular flexibility index (Phi) is 6.24. The number of alkyl carbamates (subject to hydrolysis) is 1. The van der Waals surface area contributed by atoms with Gasteiger partial charge in [-0.15, -0.1) is 11.8 Å². The molecule has 5 unspecified atom stereocenters. The Hall–Kier alpha value is -1.87. The van der Waals surface area contributed by atoms with Gasteiger partial charge in [-0.3, -0.25) is 14.9 Å². The fourth-order valence-electron chi connectivity index (χ4n) is 4.33. The maximum atomic E-state index is 12.9. The third kappa shape index (κ3) is 4.35. The molecule has 1 aromatic rings. The molecule has 9 heteroatoms. The van der Waals surface area contributed by atoms with Crippen molar-refractivity contribution in [1.29, 1.82) is 0 Å². The molecule has 5 atom stereocenters. The molecule has 2 fully saturated rings. The van der Waals surface area contributed by atoms with Gasteiger partial charge in [0.15, 0.2) is 5.37 Å². The second kappa shape index (κ2) is 8.87. The lowest BCUT2D eigenvalue weighted by Gasteiger charge is -2.28. The summed E-state index contributed by atoms with van der Waals surface area (Å²) >= 11 is 3.13. The van der Waals surface area contributed by atoms with Crippen molar-refractivity contribution in [3.05, 3.63) is 24.3 Å². The van der Waals surface area contributed by atoms with Crippen LogP contribution in [0.1, 0.15) is 32.6 Å². The quantitative estimate of drug-likeness (QED) is 0.668. The number of rotatable bonds is 4. The van der Waals surface area contributed by atoms with Gasteiger partial charge in [-0.2, -0.15) is 0 Å². The molecule has 0 spiro atoms. The van der Waals surface area contributed by atoms with Crippen LogP contribution in [0.15, 0.2) is 29.2 Å². The molecule has 2 aliphatic heterocycles. The second-order valence-electron chi connectivity index (χ2n) is 7.43. The molecular weight excluding hydrogens is 410 g/mol. The molecule has 3 aliphatic rings. The molecule has 29 heavy (non-hydrogen) atoms. The molecule has 0 aromatic heterocycles. The van der Waals surface area contributed by atoms with Crippen LogP contribution in [0.5, 0.6) is 0 Å². The smallest absolute Gasteiger partial charge is 0.413 e. The molecule has 4 rings (SSSR count). The van der Waals surface area contributed by atoms with Gasteiger partial charge in [0.25, 0.3) is 5.91 Å². The minimum atomic E-state index is -0.727. The van der Waals surface area contributed by atoms with Crippen molar-refractivity contribution in [3.63, 3.8) is 0 Å². The maximum absolute atomic E-state index is 12.9. The van der Waals surface area contributed by atoms with Crippen LogP contribution in [-0.4, -0.2) is 40.5 Å². The highest BCUT2D eigenvalue weighted by Crippen LogP contribution is 2.49. The third-order valence-electron chi connectivity index (χ3n) is 5.61. The molecule has 1 aromatic carbocycles. The van der Waals surface area contributed by atoms with Crippen molar-refractivity contribution >= 4 is 47.1 Å². The van der Waals surface area contributed by atoms with Crippen molar-refractivity contribution in [2.45, 2.75) is 53.5 Å². The SMILES string of the molecule is CCOC(=O)NC(=O)C1C(NC(=O)C2Nc3ccccc3S2)SC2CCCCC21. The number of hydrogen-bond acceptors (Lipinski definition) is 7. The Morgan fingerprint density at radius 3 is 2.76 bits per heavy atom. The Balaban J connectivity index is 1.45. The molecule has 3 N–H and O–H groups in total. The van der Waals surface area contributed by atoms with Crippen LogP contribution in [0.3, 0.4) is 0 Å². The van der Waals surface area contributed by atoms with Crippen molar-refractivity contribution in [2.75, 3.05) is 11.9 Å². The van der Waals surface area contributed by atoms with E-state index in [0.717, 1.165) is 36.3 Å². The zero-order valence-electron chi connectivity index (χ0n) is 16.2. The average molecular weight is 436 g/mol. The van der Waals surface area contributed by atoms with E-state index in [9.17, 15) is 14.4 Å². The van der Waals surface area contributed by atoms with Crippen molar-refractivity contribution in [3.8, 4) is 0 Å². The number of nitrogens with one attached hydrogen (secondary N) is 3. The zero-order chi connectivity index (χ0) is 20.4. The van der Waals surface area contributed by atoms with Gasteiger partial charge < -0.3 is 15.4 Å². The number of ether oxygens (including phenoxy) is 1. The molecule has 1 saturated carbocycles. The summed E-state index contributed by atoms with van der Waals surface area (Å²) in [5.41, 5.74) is 0.946. The van der Waals surface area contributed by atoms with Gasteiger partial charge in [0.1, 0.15) is 0 Å². The summed E-state index contributed by atoms with van der Waals surface area (Å²) in [5.74, 6) is -0.774. The first kappa shape index (κ1) is 20.4. The third-order valence-corrected chi connectivity index (χ3v) is 8.42. The number of benzene rings is 1. The first-order valence-electron chi connectivity index (χ1n) is 10.0. The number of carbonyl (C=O) groups excluding carboxylic acids is 3. The number of para-hydroxylation sites is 1. The monoisotopic (exact) mass is 435 g/mol. The van der Waals surface area contributed by atoms with Crippen molar-refractivity contribution in [1.82, 2.24) is 10.6 Å². The van der Waals surface area contributed by atoms with Crippen LogP contribution in [0.4, 0.5) is 10.5 Å². The van der Waals surface area contributed by atoms with E-state index in [1.165, 1.54) is 11.8 Å². The van der Waals surface area contributed by atoms with Crippen LogP contribution in [0.25, 0.3) is 0 Å². The summed E-state index contributed by atoms with van der Waals surface area (Å²) in [5, 5.41) is 8.21. The van der Waals surface area contributed by atoms with Crippen LogP contribution in [0, 0.1) is 11.8 Å². The minimum Gasteiger partial charge on any atom is -0.450 e. The summed E-state index contributed by atoms with van der Waals surface area (Å²) in [4.78, 5) is 38.6. The number of fused-ring (bicyclic) bond motifs is 2. The summed E-state index contributed by atoms with van der Waals surface area (Å²) in [6, 6.07) is 7.81. The van der Waals surface area contributed by atoms with Crippen LogP contribution < -0.4 is 16.0 Å². The molecular formula is C20H25N3O4S2. The van der Waals surface area contributed by atoms with Gasteiger partial charge in [0.05, 0.1) is 17.9 Å². The van der Waals surface area contributed by atoms with Gasteiger partial charge in [-0.25, -0.2) is 4.79 Å². The average Bonchev–Trinajstić information content (AvgIpc) is 3.29. The minimum absolute atomic E-state index is 0.142. The predicted molar refractivity (Wildman–Crippen MR) is 114 cm³/mol. The zero-order valence-corrected chi connectivity index (χ0v) is 17.8. The molecule has 3 amide bonds. The summed E-state index contributed by atoms with van der Waals surface area (Å²) < 4.78 is 4.86.